The molecule has 0 atom stereocenters. The number of tetrazole rings is 1. The maximum absolute atomic E-state index is 13.1. The Labute approximate surface area is 151 Å². The van der Waals surface area contributed by atoms with Gasteiger partial charge >= 0.3 is 0 Å². The standard InChI is InChI=1S/C19H21FN6/c20-17-9-7-16(8-10-17)15-24-11-4-12-25(14-13-24)19-21-22-23-26(19)18-5-2-1-3-6-18/h1-3,5-10H,4,11-15H2. The lowest BCUT2D eigenvalue weighted by Crippen LogP contribution is -2.32. The minimum atomic E-state index is -0.191. The molecule has 0 saturated carbocycles. The third-order valence-corrected chi connectivity index (χ3v) is 4.64. The van der Waals surface area contributed by atoms with Crippen LogP contribution in [0.25, 0.3) is 5.69 Å². The van der Waals surface area contributed by atoms with E-state index in [0.717, 1.165) is 56.3 Å². The summed E-state index contributed by atoms with van der Waals surface area (Å²) < 4.78 is 14.9. The Kier molecular flexibility index (Phi) is 4.88. The number of nitrogens with zero attached hydrogens (tertiary/aromatic N) is 6. The average molecular weight is 352 g/mol. The first kappa shape index (κ1) is 16.7. The normalized spacial score (nSPS) is 15.8. The fourth-order valence-corrected chi connectivity index (χ4v) is 3.29. The van der Waals surface area contributed by atoms with Gasteiger partial charge < -0.3 is 4.90 Å². The minimum absolute atomic E-state index is 0.191. The molecule has 26 heavy (non-hydrogen) atoms. The van der Waals surface area contributed by atoms with Gasteiger partial charge in [0.05, 0.1) is 5.69 Å². The monoisotopic (exact) mass is 352 g/mol. The van der Waals surface area contributed by atoms with Crippen molar-refractivity contribution in [2.75, 3.05) is 31.1 Å². The number of benzene rings is 2. The molecule has 2 heterocycles. The van der Waals surface area contributed by atoms with Crippen LogP contribution in [0, 0.1) is 5.82 Å². The Balaban J connectivity index is 1.44. The molecule has 0 unspecified atom stereocenters. The molecule has 1 aliphatic heterocycles. The van der Waals surface area contributed by atoms with Gasteiger partial charge in [0.25, 0.3) is 0 Å². The molecule has 0 radical (unpaired) electrons. The fourth-order valence-electron chi connectivity index (χ4n) is 3.29. The predicted octanol–water partition coefficient (Wildman–Crippen LogP) is 2.51. The Morgan fingerprint density at radius 2 is 1.69 bits per heavy atom. The summed E-state index contributed by atoms with van der Waals surface area (Å²) in [6.07, 6.45) is 1.03. The van der Waals surface area contributed by atoms with Crippen LogP contribution in [0.4, 0.5) is 10.3 Å². The second-order valence-electron chi connectivity index (χ2n) is 6.47. The van der Waals surface area contributed by atoms with E-state index in [-0.39, 0.29) is 5.82 Å². The molecular formula is C19H21FN6. The summed E-state index contributed by atoms with van der Waals surface area (Å²) in [6.45, 7) is 4.51. The number of hydrogen-bond donors (Lipinski definition) is 0. The molecule has 0 amide bonds. The number of hydrogen-bond acceptors (Lipinski definition) is 5. The maximum Gasteiger partial charge on any atom is 0.250 e. The van der Waals surface area contributed by atoms with Crippen LogP contribution in [0.5, 0.6) is 0 Å². The second kappa shape index (κ2) is 7.61. The zero-order valence-electron chi connectivity index (χ0n) is 14.5. The van der Waals surface area contributed by atoms with Gasteiger partial charge in [0, 0.05) is 32.7 Å². The lowest BCUT2D eigenvalue weighted by Gasteiger charge is -2.22. The van der Waals surface area contributed by atoms with Gasteiger partial charge in [-0.25, -0.2) is 4.39 Å². The smallest absolute Gasteiger partial charge is 0.250 e. The lowest BCUT2D eigenvalue weighted by molar-refractivity contribution is 0.285. The van der Waals surface area contributed by atoms with Crippen LogP contribution in [-0.2, 0) is 6.54 Å². The number of halogens is 1. The molecule has 3 aromatic rings. The van der Waals surface area contributed by atoms with Crippen LogP contribution < -0.4 is 4.90 Å². The van der Waals surface area contributed by atoms with Crippen molar-refractivity contribution in [2.24, 2.45) is 0 Å². The number of rotatable bonds is 4. The van der Waals surface area contributed by atoms with Gasteiger partial charge in [-0.05, 0) is 46.7 Å². The van der Waals surface area contributed by atoms with Crippen molar-refractivity contribution in [3.63, 3.8) is 0 Å². The van der Waals surface area contributed by atoms with Gasteiger partial charge in [0.15, 0.2) is 0 Å². The fraction of sp³-hybridized carbons (Fsp3) is 0.316. The van der Waals surface area contributed by atoms with E-state index < -0.39 is 0 Å². The molecule has 4 rings (SSSR count). The van der Waals surface area contributed by atoms with Crippen LogP contribution in [0.1, 0.15) is 12.0 Å². The van der Waals surface area contributed by atoms with E-state index in [2.05, 4.69) is 25.3 Å². The van der Waals surface area contributed by atoms with Gasteiger partial charge in [-0.2, -0.15) is 4.68 Å². The van der Waals surface area contributed by atoms with Crippen LogP contribution in [0.2, 0.25) is 0 Å². The molecule has 1 aromatic heterocycles. The van der Waals surface area contributed by atoms with Gasteiger partial charge in [-0.15, -0.1) is 0 Å². The zero-order valence-corrected chi connectivity index (χ0v) is 14.5. The number of anilines is 1. The van der Waals surface area contributed by atoms with Crippen molar-refractivity contribution >= 4 is 5.95 Å². The van der Waals surface area contributed by atoms with Crippen molar-refractivity contribution in [1.29, 1.82) is 0 Å². The summed E-state index contributed by atoms with van der Waals surface area (Å²) >= 11 is 0. The summed E-state index contributed by atoms with van der Waals surface area (Å²) in [4.78, 5) is 4.63. The van der Waals surface area contributed by atoms with E-state index in [9.17, 15) is 4.39 Å². The molecule has 1 saturated heterocycles. The Hall–Kier alpha value is -2.80. The van der Waals surface area contributed by atoms with Gasteiger partial charge in [-0.1, -0.05) is 35.4 Å². The highest BCUT2D eigenvalue weighted by Crippen LogP contribution is 2.18. The molecule has 0 spiro atoms. The van der Waals surface area contributed by atoms with Gasteiger partial charge in [0.2, 0.25) is 5.95 Å². The third-order valence-electron chi connectivity index (χ3n) is 4.64. The Bertz CT molecular complexity index is 833. The Morgan fingerprint density at radius 3 is 2.50 bits per heavy atom. The first-order chi connectivity index (χ1) is 12.8. The molecule has 7 heteroatoms. The largest absolute Gasteiger partial charge is 0.338 e. The molecule has 0 N–H and O–H groups in total. The Morgan fingerprint density at radius 1 is 0.885 bits per heavy atom. The van der Waals surface area contributed by atoms with Crippen molar-refractivity contribution < 1.29 is 4.39 Å². The first-order valence-electron chi connectivity index (χ1n) is 8.85. The van der Waals surface area contributed by atoms with Crippen molar-refractivity contribution in [2.45, 2.75) is 13.0 Å². The molecular weight excluding hydrogens is 331 g/mol. The maximum atomic E-state index is 13.1. The highest BCUT2D eigenvalue weighted by Gasteiger charge is 2.20. The van der Waals surface area contributed by atoms with E-state index >= 15 is 0 Å². The lowest BCUT2D eigenvalue weighted by atomic mass is 10.2. The minimum Gasteiger partial charge on any atom is -0.338 e. The summed E-state index contributed by atoms with van der Waals surface area (Å²) in [6, 6.07) is 16.7. The SMILES string of the molecule is Fc1ccc(CN2CCCN(c3nnnn3-c3ccccc3)CC2)cc1. The van der Waals surface area contributed by atoms with E-state index in [1.807, 2.05) is 42.5 Å². The van der Waals surface area contributed by atoms with Gasteiger partial charge in [0.1, 0.15) is 5.82 Å². The molecule has 134 valence electrons. The zero-order chi connectivity index (χ0) is 17.8. The molecule has 1 fully saturated rings. The highest BCUT2D eigenvalue weighted by molar-refractivity contribution is 5.40. The summed E-state index contributed by atoms with van der Waals surface area (Å²) in [5, 5.41) is 12.3. The van der Waals surface area contributed by atoms with Crippen LogP contribution >= 0.6 is 0 Å². The van der Waals surface area contributed by atoms with Crippen molar-refractivity contribution in [3.05, 3.63) is 66.0 Å². The predicted molar refractivity (Wildman–Crippen MR) is 97.7 cm³/mol. The van der Waals surface area contributed by atoms with Gasteiger partial charge in [-0.3, -0.25) is 4.90 Å². The van der Waals surface area contributed by atoms with E-state index in [0.29, 0.717) is 0 Å². The van der Waals surface area contributed by atoms with Crippen LogP contribution in [-0.4, -0.2) is 51.3 Å². The molecule has 2 aromatic carbocycles. The summed E-state index contributed by atoms with van der Waals surface area (Å²) in [5.74, 6) is 0.586. The number of para-hydroxylation sites is 1. The third kappa shape index (κ3) is 3.72. The highest BCUT2D eigenvalue weighted by atomic mass is 19.1. The topological polar surface area (TPSA) is 50.1 Å². The van der Waals surface area contributed by atoms with E-state index in [1.54, 1.807) is 4.68 Å². The van der Waals surface area contributed by atoms with Crippen LogP contribution in [0.15, 0.2) is 54.6 Å². The van der Waals surface area contributed by atoms with E-state index in [1.165, 1.54) is 12.1 Å². The van der Waals surface area contributed by atoms with Crippen LogP contribution in [0.3, 0.4) is 0 Å². The first-order valence-corrected chi connectivity index (χ1v) is 8.85. The number of aromatic nitrogens is 4. The molecule has 0 aliphatic carbocycles. The van der Waals surface area contributed by atoms with Crippen molar-refractivity contribution in [1.82, 2.24) is 25.1 Å². The molecule has 1 aliphatic rings. The molecule has 0 bridgehead atoms. The van der Waals surface area contributed by atoms with E-state index in [4.69, 9.17) is 0 Å². The average Bonchev–Trinajstić information content (AvgIpc) is 3.05. The quantitative estimate of drug-likeness (QED) is 0.722. The van der Waals surface area contributed by atoms with Crippen molar-refractivity contribution in [3.8, 4) is 5.69 Å². The molecule has 6 nitrogen and oxygen atoms in total. The summed E-state index contributed by atoms with van der Waals surface area (Å²) in [7, 11) is 0. The second-order valence-corrected chi connectivity index (χ2v) is 6.47. The summed E-state index contributed by atoms with van der Waals surface area (Å²) in [5.41, 5.74) is 2.09.